The molecule has 5 N–H and O–H groups in total. The third kappa shape index (κ3) is 3.12. The van der Waals surface area contributed by atoms with E-state index in [1.165, 1.54) is 7.05 Å². The van der Waals surface area contributed by atoms with E-state index in [0.717, 1.165) is 0 Å². The molecular weight excluding hydrogens is 132 g/mol. The van der Waals surface area contributed by atoms with Gasteiger partial charge in [0.15, 0.2) is 0 Å². The Morgan fingerprint density at radius 2 is 2.20 bits per heavy atom. The van der Waals surface area contributed by atoms with Crippen LogP contribution < -0.4 is 11.1 Å². The number of hydrogen-bond acceptors (Lipinski definition) is 4. The highest BCUT2D eigenvalue weighted by atomic mass is 16.3. The zero-order valence-electron chi connectivity index (χ0n) is 6.25. The fraction of sp³-hybridized carbons (Fsp3) is 1.00. The highest BCUT2D eigenvalue weighted by Gasteiger charge is 2.20. The monoisotopic (exact) mass is 148 g/mol. The molecule has 0 aromatic carbocycles. The molecule has 0 radical (unpaired) electrons. The third-order valence-corrected chi connectivity index (χ3v) is 1.42. The first kappa shape index (κ1) is 9.84. The predicted molar refractivity (Wildman–Crippen MR) is 39.6 cm³/mol. The first-order valence-electron chi connectivity index (χ1n) is 3.43. The van der Waals surface area contributed by atoms with Gasteiger partial charge < -0.3 is 21.3 Å². The Labute approximate surface area is 61.0 Å². The summed E-state index contributed by atoms with van der Waals surface area (Å²) in [6, 6.07) is 0.130. The van der Waals surface area contributed by atoms with Gasteiger partial charge in [-0.25, -0.2) is 0 Å². The van der Waals surface area contributed by atoms with Crippen molar-refractivity contribution in [3.8, 4) is 0 Å². The van der Waals surface area contributed by atoms with Crippen LogP contribution >= 0.6 is 0 Å². The summed E-state index contributed by atoms with van der Waals surface area (Å²) in [5.74, 6) is 0. The summed E-state index contributed by atoms with van der Waals surface area (Å²) < 4.78 is 0. The maximum absolute atomic E-state index is 8.86. The van der Waals surface area contributed by atoms with Crippen LogP contribution in [0.25, 0.3) is 0 Å². The van der Waals surface area contributed by atoms with Gasteiger partial charge >= 0.3 is 0 Å². The van der Waals surface area contributed by atoms with Gasteiger partial charge in [-0.3, -0.25) is 0 Å². The molecule has 2 atom stereocenters. The standard InChI is InChI=1S/C5H11NO2.CH5N/c7-3-4-1-5(8)2-6-4;1-2/h4-8H,1-3H2;2H2,1H3. The van der Waals surface area contributed by atoms with Crippen molar-refractivity contribution in [2.75, 3.05) is 20.2 Å². The zero-order chi connectivity index (χ0) is 7.98. The summed E-state index contributed by atoms with van der Waals surface area (Å²) in [6.45, 7) is 0.766. The van der Waals surface area contributed by atoms with Crippen molar-refractivity contribution in [1.29, 1.82) is 0 Å². The first-order chi connectivity index (χ1) is 4.83. The minimum atomic E-state index is -0.243. The number of aliphatic hydroxyl groups excluding tert-OH is 2. The van der Waals surface area contributed by atoms with Gasteiger partial charge in [0, 0.05) is 12.6 Å². The van der Waals surface area contributed by atoms with Crippen LogP contribution in [-0.2, 0) is 0 Å². The normalized spacial score (nSPS) is 31.2. The fourth-order valence-corrected chi connectivity index (χ4v) is 0.937. The van der Waals surface area contributed by atoms with E-state index in [0.29, 0.717) is 13.0 Å². The molecule has 1 heterocycles. The van der Waals surface area contributed by atoms with Crippen molar-refractivity contribution in [2.45, 2.75) is 18.6 Å². The molecule has 0 aliphatic carbocycles. The summed E-state index contributed by atoms with van der Waals surface area (Å²) >= 11 is 0. The fourth-order valence-electron chi connectivity index (χ4n) is 0.937. The van der Waals surface area contributed by atoms with Crippen LogP contribution in [0.3, 0.4) is 0 Å². The number of hydrogen-bond donors (Lipinski definition) is 4. The topological polar surface area (TPSA) is 78.5 Å². The Morgan fingerprint density at radius 3 is 2.40 bits per heavy atom. The Morgan fingerprint density at radius 1 is 1.60 bits per heavy atom. The summed E-state index contributed by atoms with van der Waals surface area (Å²) in [4.78, 5) is 0. The van der Waals surface area contributed by atoms with Gasteiger partial charge in [0.1, 0.15) is 0 Å². The van der Waals surface area contributed by atoms with Crippen LogP contribution in [0, 0.1) is 0 Å². The lowest BCUT2D eigenvalue weighted by molar-refractivity contribution is 0.184. The molecule has 0 spiro atoms. The van der Waals surface area contributed by atoms with Gasteiger partial charge in [-0.05, 0) is 13.5 Å². The molecule has 1 aliphatic rings. The molecule has 1 aliphatic heterocycles. The van der Waals surface area contributed by atoms with Gasteiger partial charge in [-0.15, -0.1) is 0 Å². The quantitative estimate of drug-likeness (QED) is 0.356. The van der Waals surface area contributed by atoms with E-state index in [2.05, 4.69) is 11.1 Å². The Balaban J connectivity index is 0.000000371. The lowest BCUT2D eigenvalue weighted by atomic mass is 10.2. The number of β-amino-alcohol motifs (C(OH)–C–C–N with tert-alkyl or cyclic N) is 1. The molecule has 1 fully saturated rings. The predicted octanol–water partition coefficient (Wildman–Crippen LogP) is -1.72. The van der Waals surface area contributed by atoms with Gasteiger partial charge in [0.25, 0.3) is 0 Å². The minimum absolute atomic E-state index is 0.130. The molecular formula is C6H16N2O2. The average molecular weight is 148 g/mol. The van der Waals surface area contributed by atoms with Gasteiger partial charge in [-0.2, -0.15) is 0 Å². The third-order valence-electron chi connectivity index (χ3n) is 1.42. The van der Waals surface area contributed by atoms with E-state index in [-0.39, 0.29) is 18.8 Å². The number of nitrogens with two attached hydrogens (primary N) is 1. The molecule has 0 saturated carbocycles. The molecule has 1 rings (SSSR count). The SMILES string of the molecule is CN.OCC1CC(O)CN1. The van der Waals surface area contributed by atoms with Crippen molar-refractivity contribution in [2.24, 2.45) is 5.73 Å². The lowest BCUT2D eigenvalue weighted by Crippen LogP contribution is -2.24. The summed E-state index contributed by atoms with van der Waals surface area (Å²) in [5, 5.41) is 20.3. The van der Waals surface area contributed by atoms with Crippen LogP contribution in [0.15, 0.2) is 0 Å². The second-order valence-corrected chi connectivity index (χ2v) is 2.18. The Bertz CT molecular complexity index is 80.1. The van der Waals surface area contributed by atoms with Gasteiger partial charge in [0.2, 0.25) is 0 Å². The smallest absolute Gasteiger partial charge is 0.0680 e. The average Bonchev–Trinajstić information content (AvgIpc) is 2.40. The molecule has 62 valence electrons. The van der Waals surface area contributed by atoms with Crippen molar-refractivity contribution in [1.82, 2.24) is 5.32 Å². The maximum Gasteiger partial charge on any atom is 0.0680 e. The maximum atomic E-state index is 8.86. The molecule has 0 amide bonds. The van der Waals surface area contributed by atoms with Crippen molar-refractivity contribution < 1.29 is 10.2 Å². The molecule has 1 saturated heterocycles. The second-order valence-electron chi connectivity index (χ2n) is 2.18. The van der Waals surface area contributed by atoms with E-state index in [1.807, 2.05) is 0 Å². The first-order valence-corrected chi connectivity index (χ1v) is 3.43. The number of nitrogens with one attached hydrogen (secondary N) is 1. The molecule has 4 heteroatoms. The number of aliphatic hydroxyl groups is 2. The lowest BCUT2D eigenvalue weighted by Gasteiger charge is -2.01. The molecule has 4 nitrogen and oxygen atoms in total. The van der Waals surface area contributed by atoms with E-state index >= 15 is 0 Å². The molecule has 0 bridgehead atoms. The van der Waals surface area contributed by atoms with Crippen LogP contribution in [-0.4, -0.2) is 42.6 Å². The van der Waals surface area contributed by atoms with Crippen molar-refractivity contribution in [3.05, 3.63) is 0 Å². The summed E-state index contributed by atoms with van der Waals surface area (Å²) in [6.07, 6.45) is 0.448. The molecule has 0 aromatic heterocycles. The van der Waals surface area contributed by atoms with Crippen molar-refractivity contribution >= 4 is 0 Å². The van der Waals surface area contributed by atoms with Crippen LogP contribution in [0.5, 0.6) is 0 Å². The molecule has 10 heavy (non-hydrogen) atoms. The summed E-state index contributed by atoms with van der Waals surface area (Å²) in [7, 11) is 1.50. The van der Waals surface area contributed by atoms with E-state index < -0.39 is 0 Å². The van der Waals surface area contributed by atoms with E-state index in [1.54, 1.807) is 0 Å². The number of rotatable bonds is 1. The van der Waals surface area contributed by atoms with Crippen molar-refractivity contribution in [3.63, 3.8) is 0 Å². The van der Waals surface area contributed by atoms with E-state index in [4.69, 9.17) is 10.2 Å². The van der Waals surface area contributed by atoms with Crippen LogP contribution in [0.2, 0.25) is 0 Å². The largest absolute Gasteiger partial charge is 0.395 e. The second kappa shape index (κ2) is 5.61. The van der Waals surface area contributed by atoms with Crippen LogP contribution in [0.1, 0.15) is 6.42 Å². The van der Waals surface area contributed by atoms with E-state index in [9.17, 15) is 0 Å². The van der Waals surface area contributed by atoms with Gasteiger partial charge in [-0.1, -0.05) is 0 Å². The Hall–Kier alpha value is -0.160. The molecule has 2 unspecified atom stereocenters. The Kier molecular flexibility index (Phi) is 5.52. The minimum Gasteiger partial charge on any atom is -0.395 e. The molecule has 0 aromatic rings. The van der Waals surface area contributed by atoms with Gasteiger partial charge in [0.05, 0.1) is 12.7 Å². The highest BCUT2D eigenvalue weighted by molar-refractivity contribution is 4.79. The zero-order valence-corrected chi connectivity index (χ0v) is 6.25. The van der Waals surface area contributed by atoms with Crippen LogP contribution in [0.4, 0.5) is 0 Å². The highest BCUT2D eigenvalue weighted by Crippen LogP contribution is 2.03. The summed E-state index contributed by atoms with van der Waals surface area (Å²) in [5.41, 5.74) is 4.50.